The van der Waals surface area contributed by atoms with Crippen molar-refractivity contribution in [3.8, 4) is 23.0 Å². The molecule has 3 rings (SSSR count). The van der Waals surface area contributed by atoms with E-state index in [0.717, 1.165) is 12.8 Å². The highest BCUT2D eigenvalue weighted by Crippen LogP contribution is 2.38. The monoisotopic (exact) mass is 485 g/mol. The molecule has 9 heteroatoms. The van der Waals surface area contributed by atoms with Crippen LogP contribution in [0.25, 0.3) is 0 Å². The highest BCUT2D eigenvalue weighted by Gasteiger charge is 2.39. The van der Waals surface area contributed by atoms with Crippen LogP contribution in [0.1, 0.15) is 50.5 Å². The number of benzene rings is 1. The van der Waals surface area contributed by atoms with E-state index in [2.05, 4.69) is 4.98 Å². The summed E-state index contributed by atoms with van der Waals surface area (Å²) in [6, 6.07) is 8.75. The van der Waals surface area contributed by atoms with E-state index in [-0.39, 0.29) is 35.6 Å². The highest BCUT2D eigenvalue weighted by molar-refractivity contribution is 5.99. The molecule has 0 aliphatic heterocycles. The van der Waals surface area contributed by atoms with Crippen molar-refractivity contribution in [2.24, 2.45) is 11.8 Å². The fourth-order valence-corrected chi connectivity index (χ4v) is 3.69. The second kappa shape index (κ2) is 11.7. The van der Waals surface area contributed by atoms with E-state index >= 15 is 0 Å². The maximum atomic E-state index is 12.9. The Balaban J connectivity index is 1.65. The number of ketones is 1. The number of nitrogens with zero attached hydrogens (tertiary/aromatic N) is 1. The zero-order chi connectivity index (χ0) is 25.5. The molecule has 1 aliphatic carbocycles. The number of hydrogen-bond donors (Lipinski definition) is 0. The van der Waals surface area contributed by atoms with Crippen LogP contribution in [0.2, 0.25) is 0 Å². The number of aromatic nitrogens is 1. The molecule has 1 aromatic heterocycles. The van der Waals surface area contributed by atoms with Gasteiger partial charge < -0.3 is 23.7 Å². The molecule has 1 heterocycles. The van der Waals surface area contributed by atoms with E-state index in [1.165, 1.54) is 26.3 Å². The van der Waals surface area contributed by atoms with E-state index in [1.54, 1.807) is 27.0 Å². The van der Waals surface area contributed by atoms with Crippen LogP contribution < -0.4 is 18.9 Å². The van der Waals surface area contributed by atoms with E-state index in [4.69, 9.17) is 23.7 Å². The molecule has 0 amide bonds. The van der Waals surface area contributed by atoms with Gasteiger partial charge >= 0.3 is 11.9 Å². The van der Waals surface area contributed by atoms with E-state index < -0.39 is 29.7 Å². The molecule has 0 bridgehead atoms. The van der Waals surface area contributed by atoms with Gasteiger partial charge in [0.1, 0.15) is 23.7 Å². The van der Waals surface area contributed by atoms with Crippen LogP contribution in [0.5, 0.6) is 23.0 Å². The van der Waals surface area contributed by atoms with Crippen LogP contribution >= 0.6 is 0 Å². The molecule has 188 valence electrons. The normalized spacial score (nSPS) is 15.3. The van der Waals surface area contributed by atoms with Gasteiger partial charge in [-0.2, -0.15) is 0 Å². The standard InChI is InChI=1S/C26H31NO8/c1-15(13-21(29)23-25(34-17(3)28)22(32-5)11-12-27-23)26(30)33-16(2)24(18-9-10-18)35-20-8-6-7-19(14-20)31-4/h6-8,11-12,14-16,18,24H,9-10,13H2,1-5H3/t15-,16+,24+/m1/s1. The molecule has 3 atom stereocenters. The summed E-state index contributed by atoms with van der Waals surface area (Å²) in [4.78, 5) is 41.3. The number of hydrogen-bond acceptors (Lipinski definition) is 9. The van der Waals surface area contributed by atoms with Crippen LogP contribution in [0.4, 0.5) is 0 Å². The molecule has 1 fully saturated rings. The lowest BCUT2D eigenvalue weighted by Crippen LogP contribution is -2.37. The van der Waals surface area contributed by atoms with Gasteiger partial charge in [0.05, 0.1) is 20.1 Å². The van der Waals surface area contributed by atoms with Gasteiger partial charge in [-0.15, -0.1) is 0 Å². The molecule has 35 heavy (non-hydrogen) atoms. The summed E-state index contributed by atoms with van der Waals surface area (Å²) >= 11 is 0. The van der Waals surface area contributed by atoms with Crippen molar-refractivity contribution in [3.05, 3.63) is 42.2 Å². The Morgan fingerprint density at radius 3 is 2.40 bits per heavy atom. The van der Waals surface area contributed by atoms with Gasteiger partial charge in [0, 0.05) is 31.7 Å². The first-order valence-electron chi connectivity index (χ1n) is 11.5. The summed E-state index contributed by atoms with van der Waals surface area (Å²) in [6.45, 7) is 4.61. The number of carbonyl (C=O) groups excluding carboxylic acids is 3. The van der Waals surface area contributed by atoms with Crippen molar-refractivity contribution in [1.29, 1.82) is 0 Å². The smallest absolute Gasteiger partial charge is 0.309 e. The van der Waals surface area contributed by atoms with Crippen molar-refractivity contribution < 1.29 is 38.1 Å². The lowest BCUT2D eigenvalue weighted by molar-refractivity contribution is -0.157. The molecular formula is C26H31NO8. The summed E-state index contributed by atoms with van der Waals surface area (Å²) < 4.78 is 27.4. The van der Waals surface area contributed by atoms with Gasteiger partial charge in [-0.1, -0.05) is 13.0 Å². The first-order chi connectivity index (χ1) is 16.7. The van der Waals surface area contributed by atoms with Crippen LogP contribution in [0, 0.1) is 11.8 Å². The van der Waals surface area contributed by atoms with Crippen molar-refractivity contribution in [2.45, 2.75) is 52.2 Å². The third kappa shape index (κ3) is 6.94. The largest absolute Gasteiger partial charge is 0.497 e. The Hall–Kier alpha value is -3.62. The molecule has 0 N–H and O–H groups in total. The number of esters is 2. The van der Waals surface area contributed by atoms with E-state index in [1.807, 2.05) is 18.2 Å². The Labute approximate surface area is 204 Å². The van der Waals surface area contributed by atoms with Crippen molar-refractivity contribution in [1.82, 2.24) is 4.98 Å². The predicted octanol–water partition coefficient (Wildman–Crippen LogP) is 4.02. The minimum atomic E-state index is -0.750. The number of methoxy groups -OCH3 is 2. The minimum absolute atomic E-state index is 0.0677. The first-order valence-corrected chi connectivity index (χ1v) is 11.5. The van der Waals surface area contributed by atoms with E-state index in [9.17, 15) is 14.4 Å². The summed E-state index contributed by atoms with van der Waals surface area (Å²) in [5, 5.41) is 0. The summed E-state index contributed by atoms with van der Waals surface area (Å²) in [5.41, 5.74) is -0.0792. The highest BCUT2D eigenvalue weighted by atomic mass is 16.6. The zero-order valence-electron chi connectivity index (χ0n) is 20.6. The number of ether oxygens (including phenoxy) is 5. The average molecular weight is 486 g/mol. The molecule has 9 nitrogen and oxygen atoms in total. The van der Waals surface area contributed by atoms with Gasteiger partial charge in [0.25, 0.3) is 0 Å². The van der Waals surface area contributed by atoms with Gasteiger partial charge in [0.2, 0.25) is 5.75 Å². The van der Waals surface area contributed by atoms with Crippen LogP contribution in [-0.4, -0.2) is 49.1 Å². The average Bonchev–Trinajstić information content (AvgIpc) is 3.67. The van der Waals surface area contributed by atoms with Gasteiger partial charge in [-0.05, 0) is 37.8 Å². The fraction of sp³-hybridized carbons (Fsp3) is 0.462. The molecule has 0 unspecified atom stereocenters. The predicted molar refractivity (Wildman–Crippen MR) is 126 cm³/mol. The van der Waals surface area contributed by atoms with Crippen LogP contribution in [0.15, 0.2) is 36.5 Å². The molecular weight excluding hydrogens is 454 g/mol. The van der Waals surface area contributed by atoms with Gasteiger partial charge in [-0.25, -0.2) is 4.98 Å². The Kier molecular flexibility index (Phi) is 8.68. The lowest BCUT2D eigenvalue weighted by atomic mass is 10.0. The Bertz CT molecular complexity index is 1070. The lowest BCUT2D eigenvalue weighted by Gasteiger charge is -2.26. The van der Waals surface area contributed by atoms with Gasteiger partial charge in [-0.3, -0.25) is 14.4 Å². The second-order valence-corrected chi connectivity index (χ2v) is 8.55. The quantitative estimate of drug-likeness (QED) is 0.325. The third-order valence-corrected chi connectivity index (χ3v) is 5.66. The summed E-state index contributed by atoms with van der Waals surface area (Å²) in [5.74, 6) is -0.637. The summed E-state index contributed by atoms with van der Waals surface area (Å²) in [6.07, 6.45) is 2.34. The van der Waals surface area contributed by atoms with Crippen molar-refractivity contribution in [2.75, 3.05) is 14.2 Å². The molecule has 1 saturated carbocycles. The molecule has 2 aromatic rings. The van der Waals surface area contributed by atoms with Crippen molar-refractivity contribution >= 4 is 17.7 Å². The SMILES string of the molecule is COc1cccc(O[C@H](C2CC2)[C@H](C)OC(=O)[C@H](C)CC(=O)c2nccc(OC)c2OC(C)=O)c1. The van der Waals surface area contributed by atoms with Crippen molar-refractivity contribution in [3.63, 3.8) is 0 Å². The number of rotatable bonds is 12. The molecule has 1 aromatic carbocycles. The zero-order valence-corrected chi connectivity index (χ0v) is 20.6. The molecule has 0 spiro atoms. The van der Waals surface area contributed by atoms with Gasteiger partial charge in [0.15, 0.2) is 17.2 Å². The molecule has 0 radical (unpaired) electrons. The molecule has 0 saturated heterocycles. The third-order valence-electron chi connectivity index (χ3n) is 5.66. The molecule has 1 aliphatic rings. The van der Waals surface area contributed by atoms with Crippen LogP contribution in [0.3, 0.4) is 0 Å². The van der Waals surface area contributed by atoms with E-state index in [0.29, 0.717) is 11.5 Å². The second-order valence-electron chi connectivity index (χ2n) is 8.55. The fourth-order valence-electron chi connectivity index (χ4n) is 3.69. The number of carbonyl (C=O) groups is 3. The van der Waals surface area contributed by atoms with Crippen LogP contribution in [-0.2, 0) is 14.3 Å². The number of pyridine rings is 1. The topological polar surface area (TPSA) is 110 Å². The minimum Gasteiger partial charge on any atom is -0.497 e. The maximum Gasteiger partial charge on any atom is 0.309 e. The summed E-state index contributed by atoms with van der Waals surface area (Å²) in [7, 11) is 2.97. The Morgan fingerprint density at radius 2 is 1.77 bits per heavy atom. The first kappa shape index (κ1) is 26.0. The number of Topliss-reactive ketones (excluding diaryl/α,β-unsaturated/α-hetero) is 1. The Morgan fingerprint density at radius 1 is 1.06 bits per heavy atom. The maximum absolute atomic E-state index is 12.9.